The van der Waals surface area contributed by atoms with E-state index in [0.29, 0.717) is 24.9 Å². The summed E-state index contributed by atoms with van der Waals surface area (Å²) in [5, 5.41) is 0. The molecule has 1 fully saturated rings. The maximum absolute atomic E-state index is 12.2. The Morgan fingerprint density at radius 1 is 1.36 bits per heavy atom. The van der Waals surface area contributed by atoms with Crippen molar-refractivity contribution in [2.24, 2.45) is 5.92 Å². The standard InChI is InChI=1S/C16H24NO4S/c1-3-13(2)20-10-9-17-22(18,19)16-6-4-5-15(11-16)21-12-14-7-8-14/h4-6,11,14,17H,3,7-10,12H2,1-2H3. The fourth-order valence-corrected chi connectivity index (χ4v) is 2.86. The lowest BCUT2D eigenvalue weighted by Gasteiger charge is -2.11. The molecule has 0 spiro atoms. The predicted molar refractivity (Wildman–Crippen MR) is 85.0 cm³/mol. The molecule has 0 aromatic heterocycles. The van der Waals surface area contributed by atoms with Gasteiger partial charge in [-0.05, 0) is 44.2 Å². The van der Waals surface area contributed by atoms with Crippen molar-refractivity contribution >= 4 is 10.0 Å². The molecule has 2 rings (SSSR count). The fourth-order valence-electron chi connectivity index (χ4n) is 1.82. The molecule has 1 aromatic carbocycles. The first kappa shape index (κ1) is 17.2. The second-order valence-corrected chi connectivity index (χ2v) is 7.30. The van der Waals surface area contributed by atoms with Gasteiger partial charge in [0.15, 0.2) is 0 Å². The quantitative estimate of drug-likeness (QED) is 0.672. The molecule has 1 aromatic rings. The minimum absolute atomic E-state index is 0.219. The molecule has 0 amide bonds. The van der Waals surface area contributed by atoms with Crippen LogP contribution in [0.2, 0.25) is 0 Å². The largest absolute Gasteiger partial charge is 0.493 e. The van der Waals surface area contributed by atoms with Crippen molar-refractivity contribution in [1.82, 2.24) is 4.72 Å². The Balaban J connectivity index is 1.86. The topological polar surface area (TPSA) is 64.6 Å². The van der Waals surface area contributed by atoms with Crippen LogP contribution in [0.25, 0.3) is 0 Å². The molecule has 0 heterocycles. The van der Waals surface area contributed by atoms with Crippen LogP contribution in [0.15, 0.2) is 29.2 Å². The fraction of sp³-hybridized carbons (Fsp3) is 0.562. The van der Waals surface area contributed by atoms with Crippen LogP contribution in [0.4, 0.5) is 0 Å². The maximum Gasteiger partial charge on any atom is 0.240 e. The second-order valence-electron chi connectivity index (χ2n) is 5.53. The number of nitrogens with one attached hydrogen (secondary N) is 1. The Kier molecular flexibility index (Phi) is 6.23. The first-order chi connectivity index (χ1) is 10.5. The minimum atomic E-state index is -3.53. The highest BCUT2D eigenvalue weighted by Gasteiger charge is 2.22. The molecule has 1 saturated carbocycles. The Morgan fingerprint density at radius 3 is 2.82 bits per heavy atom. The summed E-state index contributed by atoms with van der Waals surface area (Å²) in [4.78, 5) is 0.219. The van der Waals surface area contributed by atoms with E-state index in [9.17, 15) is 8.42 Å². The monoisotopic (exact) mass is 326 g/mol. The van der Waals surface area contributed by atoms with E-state index < -0.39 is 10.0 Å². The van der Waals surface area contributed by atoms with Crippen molar-refractivity contribution < 1.29 is 17.9 Å². The molecule has 22 heavy (non-hydrogen) atoms. The third-order valence-corrected chi connectivity index (χ3v) is 5.00. The van der Waals surface area contributed by atoms with E-state index in [4.69, 9.17) is 9.47 Å². The second kappa shape index (κ2) is 7.94. The normalized spacial score (nSPS) is 15.2. The zero-order valence-electron chi connectivity index (χ0n) is 13.2. The molecule has 1 aliphatic rings. The number of hydrogen-bond donors (Lipinski definition) is 1. The van der Waals surface area contributed by atoms with Crippen molar-refractivity contribution in [3.05, 3.63) is 30.4 Å². The summed E-state index contributed by atoms with van der Waals surface area (Å²) in [6.45, 7) is 5.11. The summed E-state index contributed by atoms with van der Waals surface area (Å²) in [7, 11) is -3.53. The Labute approximate surface area is 133 Å². The molecule has 1 radical (unpaired) electrons. The Bertz CT molecular complexity index is 569. The van der Waals surface area contributed by atoms with Gasteiger partial charge in [-0.25, -0.2) is 13.1 Å². The van der Waals surface area contributed by atoms with Gasteiger partial charge in [0, 0.05) is 12.6 Å². The lowest BCUT2D eigenvalue weighted by Crippen LogP contribution is -2.27. The van der Waals surface area contributed by atoms with Gasteiger partial charge in [-0.3, -0.25) is 0 Å². The molecular formula is C16H24NO4S. The smallest absolute Gasteiger partial charge is 0.240 e. The first-order valence-electron chi connectivity index (χ1n) is 7.69. The Morgan fingerprint density at radius 2 is 2.14 bits per heavy atom. The highest BCUT2D eigenvalue weighted by Crippen LogP contribution is 2.29. The molecule has 0 unspecified atom stereocenters. The number of benzene rings is 1. The predicted octanol–water partition coefficient (Wildman–Crippen LogP) is 2.73. The van der Waals surface area contributed by atoms with Crippen LogP contribution in [0.5, 0.6) is 5.75 Å². The number of sulfonamides is 1. The summed E-state index contributed by atoms with van der Waals surface area (Å²) in [6, 6.07) is 6.61. The summed E-state index contributed by atoms with van der Waals surface area (Å²) in [5.41, 5.74) is 0. The van der Waals surface area contributed by atoms with Gasteiger partial charge in [0.2, 0.25) is 10.0 Å². The van der Waals surface area contributed by atoms with Gasteiger partial charge in [-0.2, -0.15) is 0 Å². The molecule has 5 nitrogen and oxygen atoms in total. The van der Waals surface area contributed by atoms with Crippen LogP contribution in [-0.2, 0) is 14.8 Å². The van der Waals surface area contributed by atoms with Crippen molar-refractivity contribution in [1.29, 1.82) is 0 Å². The van der Waals surface area contributed by atoms with Gasteiger partial charge in [0.25, 0.3) is 0 Å². The molecule has 0 bridgehead atoms. The van der Waals surface area contributed by atoms with Crippen molar-refractivity contribution in [2.75, 3.05) is 19.8 Å². The summed E-state index contributed by atoms with van der Waals surface area (Å²) < 4.78 is 38.0. The Hall–Kier alpha value is -1.11. The van der Waals surface area contributed by atoms with Crippen molar-refractivity contribution in [2.45, 2.75) is 38.0 Å². The third kappa shape index (κ3) is 5.59. The summed E-state index contributed by atoms with van der Waals surface area (Å²) in [5.74, 6) is 1.23. The van der Waals surface area contributed by atoms with Gasteiger partial charge in [0.05, 0.1) is 24.2 Å². The molecule has 0 aliphatic heterocycles. The van der Waals surface area contributed by atoms with Gasteiger partial charge >= 0.3 is 0 Å². The molecule has 0 saturated heterocycles. The minimum Gasteiger partial charge on any atom is -0.493 e. The van der Waals surface area contributed by atoms with Crippen LogP contribution >= 0.6 is 0 Å². The molecule has 6 heteroatoms. The van der Waals surface area contributed by atoms with Crippen LogP contribution in [-0.4, -0.2) is 28.2 Å². The lowest BCUT2D eigenvalue weighted by molar-refractivity contribution is 0.149. The van der Waals surface area contributed by atoms with Crippen LogP contribution in [0.1, 0.15) is 33.1 Å². The zero-order chi connectivity index (χ0) is 16.0. The average molecular weight is 326 g/mol. The van der Waals surface area contributed by atoms with E-state index in [1.54, 1.807) is 24.3 Å². The van der Waals surface area contributed by atoms with Crippen LogP contribution < -0.4 is 9.46 Å². The van der Waals surface area contributed by atoms with Gasteiger partial charge in [-0.15, -0.1) is 0 Å². The summed E-state index contributed by atoms with van der Waals surface area (Å²) in [6.07, 6.45) is 4.13. The first-order valence-corrected chi connectivity index (χ1v) is 9.17. The van der Waals surface area contributed by atoms with E-state index >= 15 is 0 Å². The third-order valence-electron chi connectivity index (χ3n) is 3.54. The van der Waals surface area contributed by atoms with Crippen molar-refractivity contribution in [3.63, 3.8) is 0 Å². The average Bonchev–Trinajstić information content (AvgIpc) is 3.34. The zero-order valence-corrected chi connectivity index (χ0v) is 14.0. The van der Waals surface area contributed by atoms with Gasteiger partial charge < -0.3 is 9.47 Å². The molecule has 1 N–H and O–H groups in total. The summed E-state index contributed by atoms with van der Waals surface area (Å²) >= 11 is 0. The molecule has 0 atom stereocenters. The number of ether oxygens (including phenoxy) is 2. The van der Waals surface area contributed by atoms with E-state index in [2.05, 4.69) is 4.72 Å². The van der Waals surface area contributed by atoms with Crippen molar-refractivity contribution in [3.8, 4) is 5.75 Å². The van der Waals surface area contributed by atoms with E-state index in [-0.39, 0.29) is 11.4 Å². The van der Waals surface area contributed by atoms with E-state index in [1.165, 1.54) is 12.8 Å². The number of rotatable bonds is 10. The molecule has 123 valence electrons. The highest BCUT2D eigenvalue weighted by molar-refractivity contribution is 7.89. The SMILES string of the molecule is CC[C](C)OCCNS(=O)(=O)c1cccc(OCC2CC2)c1. The highest BCUT2D eigenvalue weighted by atomic mass is 32.2. The van der Waals surface area contributed by atoms with Crippen LogP contribution in [0.3, 0.4) is 0 Å². The maximum atomic E-state index is 12.2. The van der Waals surface area contributed by atoms with Gasteiger partial charge in [0.1, 0.15) is 5.75 Å². The van der Waals surface area contributed by atoms with E-state index in [1.807, 2.05) is 13.8 Å². The number of hydrogen-bond acceptors (Lipinski definition) is 4. The molecule has 1 aliphatic carbocycles. The van der Waals surface area contributed by atoms with Crippen LogP contribution in [0, 0.1) is 12.0 Å². The van der Waals surface area contributed by atoms with E-state index in [0.717, 1.165) is 12.5 Å². The van der Waals surface area contributed by atoms with Gasteiger partial charge in [-0.1, -0.05) is 13.0 Å². The lowest BCUT2D eigenvalue weighted by atomic mass is 10.3. The molecular weight excluding hydrogens is 302 g/mol.